The molecule has 94 valence electrons. The van der Waals surface area contributed by atoms with E-state index in [1.165, 1.54) is 29.7 Å². The zero-order valence-electron chi connectivity index (χ0n) is 10.5. The lowest BCUT2D eigenvalue weighted by Gasteiger charge is -2.36. The number of nitrogens with two attached hydrogens (primary N) is 1. The summed E-state index contributed by atoms with van der Waals surface area (Å²) >= 11 is 0. The third-order valence-corrected chi connectivity index (χ3v) is 3.72. The Labute approximate surface area is 103 Å². The molecule has 0 bridgehead atoms. The number of hydrogen-bond donors (Lipinski definition) is 2. The Morgan fingerprint density at radius 2 is 2.24 bits per heavy atom. The zero-order chi connectivity index (χ0) is 12.3. The molecule has 0 spiro atoms. The number of aliphatic hydroxyl groups is 1. The van der Waals surface area contributed by atoms with Gasteiger partial charge in [-0.05, 0) is 49.4 Å². The van der Waals surface area contributed by atoms with Crippen LogP contribution in [0.2, 0.25) is 0 Å². The van der Waals surface area contributed by atoms with E-state index < -0.39 is 0 Å². The summed E-state index contributed by atoms with van der Waals surface area (Å²) in [7, 11) is 0. The maximum absolute atomic E-state index is 9.43. The van der Waals surface area contributed by atoms with Crippen LogP contribution in [-0.4, -0.2) is 24.3 Å². The molecule has 3 heteroatoms. The minimum absolute atomic E-state index is 0.248. The molecule has 2 rings (SSSR count). The van der Waals surface area contributed by atoms with Gasteiger partial charge in [-0.2, -0.15) is 0 Å². The molecule has 1 aromatic carbocycles. The van der Waals surface area contributed by atoms with E-state index in [9.17, 15) is 5.11 Å². The summed E-state index contributed by atoms with van der Waals surface area (Å²) in [5, 5.41) is 9.43. The largest absolute Gasteiger partial charge is 0.394 e. The Morgan fingerprint density at radius 1 is 1.41 bits per heavy atom. The van der Waals surface area contributed by atoms with Crippen LogP contribution in [-0.2, 0) is 6.54 Å². The van der Waals surface area contributed by atoms with Gasteiger partial charge in [0.05, 0.1) is 12.6 Å². The van der Waals surface area contributed by atoms with E-state index in [0.717, 1.165) is 13.0 Å². The van der Waals surface area contributed by atoms with Crippen molar-refractivity contribution >= 4 is 5.69 Å². The molecule has 1 unspecified atom stereocenters. The molecule has 1 aliphatic rings. The second kappa shape index (κ2) is 5.52. The monoisotopic (exact) mass is 234 g/mol. The smallest absolute Gasteiger partial charge is 0.0635 e. The van der Waals surface area contributed by atoms with Crippen molar-refractivity contribution in [3.63, 3.8) is 0 Å². The van der Waals surface area contributed by atoms with Gasteiger partial charge < -0.3 is 15.7 Å². The summed E-state index contributed by atoms with van der Waals surface area (Å²) in [6, 6.07) is 6.71. The number of rotatable bonds is 3. The van der Waals surface area contributed by atoms with Gasteiger partial charge in [0.25, 0.3) is 0 Å². The van der Waals surface area contributed by atoms with Crippen LogP contribution in [0, 0.1) is 6.92 Å². The van der Waals surface area contributed by atoms with Gasteiger partial charge in [-0.15, -0.1) is 0 Å². The fourth-order valence-electron chi connectivity index (χ4n) is 2.62. The van der Waals surface area contributed by atoms with Gasteiger partial charge in [-0.25, -0.2) is 0 Å². The minimum Gasteiger partial charge on any atom is -0.394 e. The topological polar surface area (TPSA) is 49.5 Å². The summed E-state index contributed by atoms with van der Waals surface area (Å²) in [6.45, 7) is 3.99. The van der Waals surface area contributed by atoms with Crippen LogP contribution in [0.3, 0.4) is 0 Å². The molecule has 1 aromatic rings. The average Bonchev–Trinajstić information content (AvgIpc) is 2.38. The van der Waals surface area contributed by atoms with Crippen molar-refractivity contribution < 1.29 is 5.11 Å². The summed E-state index contributed by atoms with van der Waals surface area (Å²) in [6.07, 6.45) is 3.53. The lowest BCUT2D eigenvalue weighted by molar-refractivity contribution is 0.240. The predicted octanol–water partition coefficient (Wildman–Crippen LogP) is 1.80. The van der Waals surface area contributed by atoms with Crippen molar-refractivity contribution in [1.29, 1.82) is 0 Å². The molecule has 1 fully saturated rings. The highest BCUT2D eigenvalue weighted by molar-refractivity contribution is 5.52. The van der Waals surface area contributed by atoms with Crippen LogP contribution in [0.25, 0.3) is 0 Å². The predicted molar refractivity (Wildman–Crippen MR) is 71.1 cm³/mol. The zero-order valence-corrected chi connectivity index (χ0v) is 10.5. The highest BCUT2D eigenvalue weighted by Crippen LogP contribution is 2.26. The number of anilines is 1. The van der Waals surface area contributed by atoms with Crippen molar-refractivity contribution in [2.75, 3.05) is 18.1 Å². The number of aliphatic hydroxyl groups excluding tert-OH is 1. The molecule has 3 nitrogen and oxygen atoms in total. The molecule has 1 aliphatic heterocycles. The van der Waals surface area contributed by atoms with Gasteiger partial charge in [-0.1, -0.05) is 6.07 Å². The van der Waals surface area contributed by atoms with E-state index >= 15 is 0 Å². The second-order valence-corrected chi connectivity index (χ2v) is 4.84. The number of hydrogen-bond acceptors (Lipinski definition) is 3. The maximum Gasteiger partial charge on any atom is 0.0635 e. The Morgan fingerprint density at radius 3 is 2.88 bits per heavy atom. The van der Waals surface area contributed by atoms with E-state index in [-0.39, 0.29) is 12.6 Å². The van der Waals surface area contributed by atoms with E-state index in [4.69, 9.17) is 5.73 Å². The average molecular weight is 234 g/mol. The van der Waals surface area contributed by atoms with Crippen LogP contribution >= 0.6 is 0 Å². The highest BCUT2D eigenvalue weighted by Gasteiger charge is 2.21. The normalized spacial score (nSPS) is 20.6. The number of piperidine rings is 1. The molecule has 1 heterocycles. The van der Waals surface area contributed by atoms with Gasteiger partial charge in [0.2, 0.25) is 0 Å². The van der Waals surface area contributed by atoms with Gasteiger partial charge in [0.15, 0.2) is 0 Å². The molecular weight excluding hydrogens is 212 g/mol. The lowest BCUT2D eigenvalue weighted by atomic mass is 10.0. The van der Waals surface area contributed by atoms with Gasteiger partial charge in [0, 0.05) is 18.8 Å². The molecule has 0 amide bonds. The SMILES string of the molecule is Cc1cc(N2CCCCC2CO)ccc1CN. The molecule has 3 N–H and O–H groups in total. The third kappa shape index (κ3) is 2.61. The molecule has 0 radical (unpaired) electrons. The Balaban J connectivity index is 2.23. The minimum atomic E-state index is 0.248. The van der Waals surface area contributed by atoms with Gasteiger partial charge >= 0.3 is 0 Å². The molecule has 1 atom stereocenters. The Bertz CT molecular complexity index is 378. The summed E-state index contributed by atoms with van der Waals surface area (Å²) in [5.41, 5.74) is 9.34. The van der Waals surface area contributed by atoms with E-state index in [2.05, 4.69) is 30.0 Å². The van der Waals surface area contributed by atoms with Gasteiger partial charge in [0.1, 0.15) is 0 Å². The van der Waals surface area contributed by atoms with E-state index in [1.54, 1.807) is 0 Å². The fraction of sp³-hybridized carbons (Fsp3) is 0.571. The molecule has 17 heavy (non-hydrogen) atoms. The standard InChI is InChI=1S/C14H22N2O/c1-11-8-13(6-5-12(11)9-15)16-7-3-2-4-14(16)10-17/h5-6,8,14,17H,2-4,7,9-10,15H2,1H3. The molecule has 0 aliphatic carbocycles. The number of nitrogens with zero attached hydrogens (tertiary/aromatic N) is 1. The van der Waals surface area contributed by atoms with E-state index in [1.807, 2.05) is 0 Å². The van der Waals surface area contributed by atoms with Crippen LogP contribution in [0.5, 0.6) is 0 Å². The van der Waals surface area contributed by atoms with Crippen molar-refractivity contribution in [3.8, 4) is 0 Å². The van der Waals surface area contributed by atoms with Gasteiger partial charge in [-0.3, -0.25) is 0 Å². The fourth-order valence-corrected chi connectivity index (χ4v) is 2.62. The first-order valence-electron chi connectivity index (χ1n) is 6.43. The molecule has 0 saturated carbocycles. The van der Waals surface area contributed by atoms with Crippen molar-refractivity contribution in [2.45, 2.75) is 38.8 Å². The summed E-state index contributed by atoms with van der Waals surface area (Å²) < 4.78 is 0. The molecule has 0 aromatic heterocycles. The highest BCUT2D eigenvalue weighted by atomic mass is 16.3. The summed E-state index contributed by atoms with van der Waals surface area (Å²) in [4.78, 5) is 2.33. The first-order valence-corrected chi connectivity index (χ1v) is 6.43. The van der Waals surface area contributed by atoms with Crippen LogP contribution in [0.4, 0.5) is 5.69 Å². The first-order chi connectivity index (χ1) is 8.26. The quantitative estimate of drug-likeness (QED) is 0.838. The molecule has 1 saturated heterocycles. The Hall–Kier alpha value is -1.06. The molecular formula is C14H22N2O. The Kier molecular flexibility index (Phi) is 4.02. The van der Waals surface area contributed by atoms with Crippen molar-refractivity contribution in [2.24, 2.45) is 5.73 Å². The van der Waals surface area contributed by atoms with Crippen molar-refractivity contribution in [1.82, 2.24) is 0 Å². The first kappa shape index (κ1) is 12.4. The lowest BCUT2D eigenvalue weighted by Crippen LogP contribution is -2.41. The summed E-state index contributed by atoms with van der Waals surface area (Å²) in [5.74, 6) is 0. The second-order valence-electron chi connectivity index (χ2n) is 4.84. The van der Waals surface area contributed by atoms with Crippen LogP contribution in [0.1, 0.15) is 30.4 Å². The van der Waals surface area contributed by atoms with E-state index in [0.29, 0.717) is 6.54 Å². The van der Waals surface area contributed by atoms with Crippen molar-refractivity contribution in [3.05, 3.63) is 29.3 Å². The third-order valence-electron chi connectivity index (χ3n) is 3.72. The van der Waals surface area contributed by atoms with Crippen LogP contribution in [0.15, 0.2) is 18.2 Å². The number of benzene rings is 1. The maximum atomic E-state index is 9.43. The number of aryl methyl sites for hydroxylation is 1. The van der Waals surface area contributed by atoms with Crippen LogP contribution < -0.4 is 10.6 Å².